The fourth-order valence-electron chi connectivity index (χ4n) is 1.74. The number of nitrogens with one attached hydrogen (secondary N) is 1. The molecule has 0 fully saturated rings. The lowest BCUT2D eigenvalue weighted by molar-refractivity contribution is 0.297. The zero-order chi connectivity index (χ0) is 14.5. The summed E-state index contributed by atoms with van der Waals surface area (Å²) in [7, 11) is 0. The van der Waals surface area contributed by atoms with E-state index in [2.05, 4.69) is 0 Å². The highest BCUT2D eigenvalue weighted by molar-refractivity contribution is 5.79. The molecular formula is C15H14F2N2O. The molecule has 0 amide bonds. The minimum Gasteiger partial charge on any atom is -0.489 e. The largest absolute Gasteiger partial charge is 0.489 e. The maximum atomic E-state index is 13.4. The Bertz CT molecular complexity index is 612. The zero-order valence-electron chi connectivity index (χ0n) is 10.7. The number of halogens is 2. The van der Waals surface area contributed by atoms with E-state index in [-0.39, 0.29) is 18.0 Å². The predicted molar refractivity (Wildman–Crippen MR) is 72.8 cm³/mol. The number of hydrogen-bond acceptors (Lipinski definition) is 2. The first kappa shape index (κ1) is 14.0. The number of ether oxygens (including phenoxy) is 1. The van der Waals surface area contributed by atoms with E-state index >= 15 is 0 Å². The molecule has 2 aromatic rings. The standard InChI is InChI=1S/C15H14F2N2O/c16-13-3-1-2-11(15(13)17)9-20-12-6-4-10(5-7-12)8-14(18)19/h1-7H,8-9H2,(H3,18,19). The number of hydrogen-bond donors (Lipinski definition) is 2. The van der Waals surface area contributed by atoms with Crippen molar-refractivity contribution in [1.29, 1.82) is 5.41 Å². The molecule has 3 nitrogen and oxygen atoms in total. The topological polar surface area (TPSA) is 59.1 Å². The van der Waals surface area contributed by atoms with Gasteiger partial charge in [-0.2, -0.15) is 0 Å². The lowest BCUT2D eigenvalue weighted by Crippen LogP contribution is -2.12. The SMILES string of the molecule is N=C(N)Cc1ccc(OCc2cccc(F)c2F)cc1. The Morgan fingerprint density at radius 1 is 1.10 bits per heavy atom. The highest BCUT2D eigenvalue weighted by Crippen LogP contribution is 2.17. The molecule has 0 spiro atoms. The van der Waals surface area contributed by atoms with Crippen LogP contribution in [0, 0.1) is 17.0 Å². The highest BCUT2D eigenvalue weighted by atomic mass is 19.2. The van der Waals surface area contributed by atoms with Gasteiger partial charge in [0.2, 0.25) is 0 Å². The van der Waals surface area contributed by atoms with Crippen molar-refractivity contribution in [2.24, 2.45) is 5.73 Å². The molecule has 0 saturated heterocycles. The number of nitrogens with two attached hydrogens (primary N) is 1. The van der Waals surface area contributed by atoms with E-state index in [0.29, 0.717) is 12.2 Å². The Kier molecular flexibility index (Phi) is 4.30. The van der Waals surface area contributed by atoms with E-state index < -0.39 is 11.6 Å². The van der Waals surface area contributed by atoms with Crippen LogP contribution in [0.3, 0.4) is 0 Å². The summed E-state index contributed by atoms with van der Waals surface area (Å²) in [5.74, 6) is -1.15. The van der Waals surface area contributed by atoms with Gasteiger partial charge in [0.1, 0.15) is 12.4 Å². The average Bonchev–Trinajstić information content (AvgIpc) is 2.41. The van der Waals surface area contributed by atoms with Gasteiger partial charge in [-0.05, 0) is 23.8 Å². The van der Waals surface area contributed by atoms with Crippen molar-refractivity contribution in [2.45, 2.75) is 13.0 Å². The van der Waals surface area contributed by atoms with Crippen molar-refractivity contribution in [1.82, 2.24) is 0 Å². The number of rotatable bonds is 5. The lowest BCUT2D eigenvalue weighted by atomic mass is 10.1. The van der Waals surface area contributed by atoms with Crippen molar-refractivity contribution < 1.29 is 13.5 Å². The second kappa shape index (κ2) is 6.14. The van der Waals surface area contributed by atoms with Crippen LogP contribution in [0.1, 0.15) is 11.1 Å². The summed E-state index contributed by atoms with van der Waals surface area (Å²) >= 11 is 0. The summed E-state index contributed by atoms with van der Waals surface area (Å²) in [5, 5.41) is 7.19. The average molecular weight is 276 g/mol. The van der Waals surface area contributed by atoms with E-state index in [0.717, 1.165) is 11.6 Å². The number of benzene rings is 2. The van der Waals surface area contributed by atoms with E-state index in [1.807, 2.05) is 0 Å². The predicted octanol–water partition coefficient (Wildman–Crippen LogP) is 3.02. The van der Waals surface area contributed by atoms with Gasteiger partial charge in [-0.25, -0.2) is 8.78 Å². The molecule has 0 atom stereocenters. The molecule has 5 heteroatoms. The van der Waals surface area contributed by atoms with Crippen LogP contribution in [0.4, 0.5) is 8.78 Å². The molecular weight excluding hydrogens is 262 g/mol. The molecule has 0 aliphatic heterocycles. The fourth-order valence-corrected chi connectivity index (χ4v) is 1.74. The van der Waals surface area contributed by atoms with Crippen molar-refractivity contribution in [3.63, 3.8) is 0 Å². The summed E-state index contributed by atoms with van der Waals surface area (Å²) in [4.78, 5) is 0. The maximum Gasteiger partial charge on any atom is 0.165 e. The fraction of sp³-hybridized carbons (Fsp3) is 0.133. The van der Waals surface area contributed by atoms with Gasteiger partial charge in [0, 0.05) is 12.0 Å². The molecule has 0 bridgehead atoms. The third-order valence-corrected chi connectivity index (χ3v) is 2.74. The summed E-state index contributed by atoms with van der Waals surface area (Å²) in [6.07, 6.45) is 0.374. The van der Waals surface area contributed by atoms with Crippen LogP contribution >= 0.6 is 0 Å². The Morgan fingerprint density at radius 3 is 2.45 bits per heavy atom. The van der Waals surface area contributed by atoms with Gasteiger partial charge in [0.05, 0.1) is 5.84 Å². The van der Waals surface area contributed by atoms with E-state index in [1.54, 1.807) is 24.3 Å². The molecule has 0 unspecified atom stereocenters. The maximum absolute atomic E-state index is 13.4. The van der Waals surface area contributed by atoms with Crippen LogP contribution < -0.4 is 10.5 Å². The van der Waals surface area contributed by atoms with Crippen LogP contribution in [-0.2, 0) is 13.0 Å². The first-order chi connectivity index (χ1) is 9.56. The second-order valence-corrected chi connectivity index (χ2v) is 4.35. The highest BCUT2D eigenvalue weighted by Gasteiger charge is 2.08. The Morgan fingerprint density at radius 2 is 1.80 bits per heavy atom. The molecule has 0 heterocycles. The van der Waals surface area contributed by atoms with Gasteiger partial charge in [-0.1, -0.05) is 24.3 Å². The van der Waals surface area contributed by atoms with Crippen molar-refractivity contribution in [3.8, 4) is 5.75 Å². The van der Waals surface area contributed by atoms with Crippen LogP contribution in [0.2, 0.25) is 0 Å². The van der Waals surface area contributed by atoms with Crippen molar-refractivity contribution in [2.75, 3.05) is 0 Å². The molecule has 104 valence electrons. The number of amidine groups is 1. The molecule has 20 heavy (non-hydrogen) atoms. The molecule has 0 radical (unpaired) electrons. The Labute approximate surface area is 115 Å². The third-order valence-electron chi connectivity index (χ3n) is 2.74. The van der Waals surface area contributed by atoms with Gasteiger partial charge >= 0.3 is 0 Å². The monoisotopic (exact) mass is 276 g/mol. The quantitative estimate of drug-likeness (QED) is 0.651. The van der Waals surface area contributed by atoms with Crippen molar-refractivity contribution >= 4 is 5.84 Å². The van der Waals surface area contributed by atoms with Crippen molar-refractivity contribution in [3.05, 3.63) is 65.2 Å². The van der Waals surface area contributed by atoms with Gasteiger partial charge in [0.15, 0.2) is 11.6 Å². The van der Waals surface area contributed by atoms with E-state index in [9.17, 15) is 8.78 Å². The summed E-state index contributed by atoms with van der Waals surface area (Å²) in [6.45, 7) is -0.0460. The van der Waals surface area contributed by atoms with Crippen LogP contribution in [0.5, 0.6) is 5.75 Å². The minimum atomic E-state index is -0.888. The molecule has 2 rings (SSSR count). The van der Waals surface area contributed by atoms with E-state index in [1.165, 1.54) is 12.1 Å². The Balaban J connectivity index is 2.00. The first-order valence-corrected chi connectivity index (χ1v) is 6.04. The normalized spacial score (nSPS) is 10.3. The van der Waals surface area contributed by atoms with Crippen LogP contribution in [0.15, 0.2) is 42.5 Å². The molecule has 3 N–H and O–H groups in total. The summed E-state index contributed by atoms with van der Waals surface area (Å²) in [6, 6.07) is 10.9. The second-order valence-electron chi connectivity index (χ2n) is 4.35. The summed E-state index contributed by atoms with van der Waals surface area (Å²) < 4.78 is 31.8. The third kappa shape index (κ3) is 3.54. The van der Waals surface area contributed by atoms with Gasteiger partial charge < -0.3 is 10.5 Å². The lowest BCUT2D eigenvalue weighted by Gasteiger charge is -2.08. The smallest absolute Gasteiger partial charge is 0.165 e. The Hall–Kier alpha value is -2.43. The van der Waals surface area contributed by atoms with Crippen LogP contribution in [0.25, 0.3) is 0 Å². The van der Waals surface area contributed by atoms with Gasteiger partial charge in [0.25, 0.3) is 0 Å². The van der Waals surface area contributed by atoms with Crippen LogP contribution in [-0.4, -0.2) is 5.84 Å². The van der Waals surface area contributed by atoms with Gasteiger partial charge in [-0.3, -0.25) is 5.41 Å². The molecule has 2 aromatic carbocycles. The van der Waals surface area contributed by atoms with Gasteiger partial charge in [-0.15, -0.1) is 0 Å². The van der Waals surface area contributed by atoms with E-state index in [4.69, 9.17) is 15.9 Å². The summed E-state index contributed by atoms with van der Waals surface area (Å²) in [5.41, 5.74) is 6.36. The first-order valence-electron chi connectivity index (χ1n) is 6.04. The molecule has 0 aliphatic carbocycles. The molecule has 0 aliphatic rings. The molecule has 0 aromatic heterocycles. The minimum absolute atomic E-state index is 0.0460. The zero-order valence-corrected chi connectivity index (χ0v) is 10.7. The molecule has 0 saturated carbocycles.